The first kappa shape index (κ1) is 11.1. The lowest BCUT2D eigenvalue weighted by molar-refractivity contribution is -0.133. The van der Waals surface area contributed by atoms with Crippen LogP contribution in [0.2, 0.25) is 0 Å². The number of hydrogen-bond donors (Lipinski definition) is 1. The molecule has 0 aromatic carbocycles. The highest BCUT2D eigenvalue weighted by atomic mass is 32.1. The number of rotatable bonds is 3. The third-order valence-electron chi connectivity index (χ3n) is 3.76. The Labute approximate surface area is 104 Å². The van der Waals surface area contributed by atoms with E-state index in [1.807, 2.05) is 11.9 Å². The van der Waals surface area contributed by atoms with Crippen LogP contribution in [0.15, 0.2) is 5.51 Å². The summed E-state index contributed by atoms with van der Waals surface area (Å²) in [5.41, 5.74) is 1.72. The van der Waals surface area contributed by atoms with Crippen LogP contribution in [0.1, 0.15) is 18.7 Å². The molecule has 3 rings (SSSR count). The second kappa shape index (κ2) is 4.34. The largest absolute Gasteiger partial charge is 0.333 e. The lowest BCUT2D eigenvalue weighted by Gasteiger charge is -2.24. The van der Waals surface area contributed by atoms with Gasteiger partial charge < -0.3 is 10.2 Å². The summed E-state index contributed by atoms with van der Waals surface area (Å²) in [4.78, 5) is 18.4. The molecule has 1 saturated carbocycles. The van der Waals surface area contributed by atoms with Crippen LogP contribution in [0, 0.1) is 11.8 Å². The van der Waals surface area contributed by atoms with Crippen LogP contribution in [0.3, 0.4) is 0 Å². The predicted octanol–water partition coefficient (Wildman–Crippen LogP) is 0.494. The van der Waals surface area contributed by atoms with E-state index >= 15 is 0 Å². The van der Waals surface area contributed by atoms with E-state index in [1.165, 1.54) is 18.0 Å². The number of aromatic nitrogens is 2. The lowest BCUT2D eigenvalue weighted by atomic mass is 10.1. The Morgan fingerprint density at radius 2 is 2.41 bits per heavy atom. The van der Waals surface area contributed by atoms with Crippen LogP contribution >= 0.6 is 11.5 Å². The third-order valence-corrected chi connectivity index (χ3v) is 4.28. The molecule has 5 nitrogen and oxygen atoms in total. The average Bonchev–Trinajstić information content (AvgIpc) is 2.86. The zero-order chi connectivity index (χ0) is 11.8. The summed E-state index contributed by atoms with van der Waals surface area (Å²) in [6.45, 7) is 1.44. The fourth-order valence-corrected chi connectivity index (χ4v) is 3.08. The fraction of sp³-hybridized carbons (Fsp3) is 0.727. The highest BCUT2D eigenvalue weighted by Crippen LogP contribution is 2.44. The van der Waals surface area contributed by atoms with E-state index in [4.69, 9.17) is 0 Å². The molecule has 17 heavy (non-hydrogen) atoms. The summed E-state index contributed by atoms with van der Waals surface area (Å²) < 4.78 is 4.18. The molecular weight excluding hydrogens is 236 g/mol. The summed E-state index contributed by atoms with van der Waals surface area (Å²) in [6.07, 6.45) is 2.26. The van der Waals surface area contributed by atoms with Crippen LogP contribution < -0.4 is 5.32 Å². The van der Waals surface area contributed by atoms with Crippen molar-refractivity contribution in [2.45, 2.75) is 25.4 Å². The molecule has 2 fully saturated rings. The monoisotopic (exact) mass is 252 g/mol. The Morgan fingerprint density at radius 3 is 3.12 bits per heavy atom. The molecule has 2 aliphatic rings. The van der Waals surface area contributed by atoms with Gasteiger partial charge in [0.1, 0.15) is 5.51 Å². The maximum Gasteiger partial charge on any atom is 0.240 e. The van der Waals surface area contributed by atoms with Crippen molar-refractivity contribution in [1.82, 2.24) is 19.6 Å². The standard InChI is InChI=1S/C11H16N4OS/c1-12-9-3-7-2-8(7)4-15(11(9)16)5-10-13-6-17-14-10/h6-9,12H,2-5H2,1H3. The van der Waals surface area contributed by atoms with E-state index in [1.54, 1.807) is 5.51 Å². The molecule has 1 aliphatic carbocycles. The number of fused-ring (bicyclic) bond motifs is 1. The number of nitrogens with zero attached hydrogens (tertiary/aromatic N) is 3. The number of carbonyl (C=O) groups is 1. The molecule has 1 amide bonds. The molecule has 92 valence electrons. The van der Waals surface area contributed by atoms with Crippen molar-refractivity contribution in [3.8, 4) is 0 Å². The molecule has 3 unspecified atom stereocenters. The van der Waals surface area contributed by atoms with Gasteiger partial charge in [-0.1, -0.05) is 0 Å². The van der Waals surface area contributed by atoms with Crippen LogP contribution in [0.5, 0.6) is 0 Å². The van der Waals surface area contributed by atoms with E-state index in [-0.39, 0.29) is 11.9 Å². The van der Waals surface area contributed by atoms with Gasteiger partial charge in [0.05, 0.1) is 12.6 Å². The van der Waals surface area contributed by atoms with E-state index in [2.05, 4.69) is 14.7 Å². The minimum Gasteiger partial charge on any atom is -0.333 e. The molecule has 1 aromatic rings. The van der Waals surface area contributed by atoms with Gasteiger partial charge in [0.2, 0.25) is 5.91 Å². The first-order valence-corrected chi connectivity index (χ1v) is 6.83. The van der Waals surface area contributed by atoms with Gasteiger partial charge in [0.25, 0.3) is 0 Å². The SMILES string of the molecule is CNC1CC2CC2CN(Cc2ncsn2)C1=O. The van der Waals surface area contributed by atoms with Crippen LogP contribution in [0.25, 0.3) is 0 Å². The van der Waals surface area contributed by atoms with Crippen LogP contribution in [0.4, 0.5) is 0 Å². The number of likely N-dealkylation sites (tertiary alicyclic amines) is 1. The summed E-state index contributed by atoms with van der Waals surface area (Å²) >= 11 is 1.34. The third kappa shape index (κ3) is 2.19. The molecule has 2 heterocycles. The van der Waals surface area contributed by atoms with Gasteiger partial charge in [-0.2, -0.15) is 4.37 Å². The summed E-state index contributed by atoms with van der Waals surface area (Å²) in [6, 6.07) is -0.0221. The minimum atomic E-state index is -0.0221. The Bertz CT molecular complexity index is 408. The molecule has 3 atom stereocenters. The van der Waals surface area contributed by atoms with Crippen molar-refractivity contribution >= 4 is 17.4 Å². The maximum atomic E-state index is 12.3. The van der Waals surface area contributed by atoms with Crippen molar-refractivity contribution in [2.24, 2.45) is 11.8 Å². The Hall–Kier alpha value is -1.01. The van der Waals surface area contributed by atoms with E-state index < -0.39 is 0 Å². The van der Waals surface area contributed by atoms with Crippen molar-refractivity contribution in [3.05, 3.63) is 11.3 Å². The number of likely N-dealkylation sites (N-methyl/N-ethyl adjacent to an activating group) is 1. The molecule has 0 spiro atoms. The zero-order valence-electron chi connectivity index (χ0n) is 9.80. The molecule has 6 heteroatoms. The molecule has 1 N–H and O–H groups in total. The number of nitrogens with one attached hydrogen (secondary N) is 1. The zero-order valence-corrected chi connectivity index (χ0v) is 10.6. The number of carbonyl (C=O) groups excluding carboxylic acids is 1. The fourth-order valence-electron chi connectivity index (χ4n) is 2.64. The second-order valence-electron chi connectivity index (χ2n) is 4.90. The Morgan fingerprint density at radius 1 is 1.53 bits per heavy atom. The maximum absolute atomic E-state index is 12.3. The van der Waals surface area contributed by atoms with E-state index in [0.717, 1.165) is 24.7 Å². The van der Waals surface area contributed by atoms with Crippen molar-refractivity contribution < 1.29 is 4.79 Å². The topological polar surface area (TPSA) is 58.1 Å². The van der Waals surface area contributed by atoms with E-state index in [9.17, 15) is 4.79 Å². The average molecular weight is 252 g/mol. The lowest BCUT2D eigenvalue weighted by Crippen LogP contribution is -2.44. The molecule has 0 radical (unpaired) electrons. The summed E-state index contributed by atoms with van der Waals surface area (Å²) in [5, 5.41) is 3.13. The van der Waals surface area contributed by atoms with Crippen LogP contribution in [-0.2, 0) is 11.3 Å². The van der Waals surface area contributed by atoms with Crippen molar-refractivity contribution in [3.63, 3.8) is 0 Å². The summed E-state index contributed by atoms with van der Waals surface area (Å²) in [7, 11) is 1.87. The normalized spacial score (nSPS) is 32.2. The predicted molar refractivity (Wildman–Crippen MR) is 64.4 cm³/mol. The minimum absolute atomic E-state index is 0.0221. The molecular formula is C11H16N4OS. The molecule has 0 bridgehead atoms. The Kier molecular flexibility index (Phi) is 2.84. The Balaban J connectivity index is 1.74. The van der Waals surface area contributed by atoms with Crippen LogP contribution in [-0.4, -0.2) is 39.8 Å². The molecule has 1 aromatic heterocycles. The van der Waals surface area contributed by atoms with Gasteiger partial charge in [-0.25, -0.2) is 4.98 Å². The number of amides is 1. The van der Waals surface area contributed by atoms with Gasteiger partial charge >= 0.3 is 0 Å². The summed E-state index contributed by atoms with van der Waals surface area (Å²) in [5.74, 6) is 2.41. The smallest absolute Gasteiger partial charge is 0.240 e. The van der Waals surface area contributed by atoms with Gasteiger partial charge in [-0.15, -0.1) is 0 Å². The number of hydrogen-bond acceptors (Lipinski definition) is 5. The first-order chi connectivity index (χ1) is 8.28. The van der Waals surface area contributed by atoms with Crippen molar-refractivity contribution in [2.75, 3.05) is 13.6 Å². The first-order valence-electron chi connectivity index (χ1n) is 5.99. The molecule has 1 saturated heterocycles. The second-order valence-corrected chi connectivity index (χ2v) is 5.50. The van der Waals surface area contributed by atoms with Crippen molar-refractivity contribution in [1.29, 1.82) is 0 Å². The van der Waals surface area contributed by atoms with Gasteiger partial charge in [-0.05, 0) is 43.3 Å². The molecule has 1 aliphatic heterocycles. The van der Waals surface area contributed by atoms with E-state index in [0.29, 0.717) is 12.5 Å². The highest BCUT2D eigenvalue weighted by molar-refractivity contribution is 7.03. The van der Waals surface area contributed by atoms with Gasteiger partial charge in [0.15, 0.2) is 5.82 Å². The highest BCUT2D eigenvalue weighted by Gasteiger charge is 2.45. The van der Waals surface area contributed by atoms with Gasteiger partial charge in [-0.3, -0.25) is 4.79 Å². The van der Waals surface area contributed by atoms with Gasteiger partial charge in [0, 0.05) is 6.54 Å². The quantitative estimate of drug-likeness (QED) is 0.851.